The number of rotatable bonds is 3. The minimum Gasteiger partial charge on any atom is -0.507 e. The fraction of sp³-hybridized carbons (Fsp3) is 0.125. The van der Waals surface area contributed by atoms with Gasteiger partial charge in [-0.05, 0) is 42.3 Å². The number of carbonyl (C=O) groups excluding carboxylic acids is 1. The van der Waals surface area contributed by atoms with Crippen molar-refractivity contribution in [2.45, 2.75) is 6.92 Å². The standard InChI is InChI=1S/C16H13NO3/c1-2-20-16(19)12-5-3-11(4-6-12)13-7-8-15(18)14(9-13)10-17/h3-9,18H,2H2,1H3. The maximum atomic E-state index is 11.5. The molecule has 0 unspecified atom stereocenters. The van der Waals surface area contributed by atoms with E-state index in [0.717, 1.165) is 11.1 Å². The zero-order valence-electron chi connectivity index (χ0n) is 11.0. The van der Waals surface area contributed by atoms with Gasteiger partial charge in [-0.1, -0.05) is 18.2 Å². The third kappa shape index (κ3) is 2.78. The number of phenols is 1. The summed E-state index contributed by atoms with van der Waals surface area (Å²) in [6, 6.07) is 13.6. The molecule has 100 valence electrons. The lowest BCUT2D eigenvalue weighted by molar-refractivity contribution is 0.0526. The SMILES string of the molecule is CCOC(=O)c1ccc(-c2ccc(O)c(C#N)c2)cc1. The van der Waals surface area contributed by atoms with E-state index in [0.29, 0.717) is 12.2 Å². The lowest BCUT2D eigenvalue weighted by Crippen LogP contribution is -2.03. The molecule has 0 spiro atoms. The van der Waals surface area contributed by atoms with Gasteiger partial charge in [-0.15, -0.1) is 0 Å². The molecule has 4 nitrogen and oxygen atoms in total. The van der Waals surface area contributed by atoms with Crippen molar-refractivity contribution in [2.75, 3.05) is 6.61 Å². The Morgan fingerprint density at radius 1 is 1.20 bits per heavy atom. The van der Waals surface area contributed by atoms with Crippen LogP contribution in [-0.2, 0) is 4.74 Å². The molecule has 0 aliphatic carbocycles. The molecular formula is C16H13NO3. The van der Waals surface area contributed by atoms with Crippen molar-refractivity contribution in [3.05, 3.63) is 53.6 Å². The Hall–Kier alpha value is -2.80. The quantitative estimate of drug-likeness (QED) is 0.867. The van der Waals surface area contributed by atoms with Crippen LogP contribution < -0.4 is 0 Å². The highest BCUT2D eigenvalue weighted by Crippen LogP contribution is 2.25. The average molecular weight is 267 g/mol. The van der Waals surface area contributed by atoms with Gasteiger partial charge in [0.05, 0.1) is 17.7 Å². The molecule has 0 amide bonds. The smallest absolute Gasteiger partial charge is 0.338 e. The first-order valence-corrected chi connectivity index (χ1v) is 6.16. The lowest BCUT2D eigenvalue weighted by atomic mass is 10.0. The number of nitriles is 1. The predicted octanol–water partition coefficient (Wildman–Crippen LogP) is 3.11. The van der Waals surface area contributed by atoms with Gasteiger partial charge in [0.15, 0.2) is 0 Å². The molecule has 0 aliphatic rings. The second kappa shape index (κ2) is 5.89. The lowest BCUT2D eigenvalue weighted by Gasteiger charge is -2.05. The van der Waals surface area contributed by atoms with Crippen LogP contribution in [0.2, 0.25) is 0 Å². The van der Waals surface area contributed by atoms with Gasteiger partial charge in [0.1, 0.15) is 11.8 Å². The number of hydrogen-bond donors (Lipinski definition) is 1. The Labute approximate surface area is 116 Å². The van der Waals surface area contributed by atoms with Crippen LogP contribution >= 0.6 is 0 Å². The Balaban J connectivity index is 2.31. The number of carbonyl (C=O) groups is 1. The summed E-state index contributed by atoms with van der Waals surface area (Å²) in [5, 5.41) is 18.4. The molecule has 2 aromatic carbocycles. The second-order valence-electron chi connectivity index (χ2n) is 4.14. The van der Waals surface area contributed by atoms with E-state index in [1.54, 1.807) is 43.3 Å². The normalized spacial score (nSPS) is 9.80. The largest absolute Gasteiger partial charge is 0.507 e. The molecule has 2 aromatic rings. The molecule has 20 heavy (non-hydrogen) atoms. The van der Waals surface area contributed by atoms with Gasteiger partial charge in [-0.2, -0.15) is 5.26 Å². The second-order valence-corrected chi connectivity index (χ2v) is 4.14. The molecule has 0 saturated heterocycles. The van der Waals surface area contributed by atoms with E-state index in [9.17, 15) is 9.90 Å². The number of esters is 1. The summed E-state index contributed by atoms with van der Waals surface area (Å²) in [4.78, 5) is 11.5. The van der Waals surface area contributed by atoms with Gasteiger partial charge in [0, 0.05) is 0 Å². The van der Waals surface area contributed by atoms with Crippen LogP contribution in [0.25, 0.3) is 11.1 Å². The van der Waals surface area contributed by atoms with E-state index in [1.165, 1.54) is 6.07 Å². The maximum Gasteiger partial charge on any atom is 0.338 e. The molecule has 2 rings (SSSR count). The summed E-state index contributed by atoms with van der Waals surface area (Å²) in [5.41, 5.74) is 2.36. The summed E-state index contributed by atoms with van der Waals surface area (Å²) in [6.07, 6.45) is 0. The number of aromatic hydroxyl groups is 1. The Morgan fingerprint density at radius 2 is 1.85 bits per heavy atom. The molecule has 0 fully saturated rings. The minimum absolute atomic E-state index is 0.0422. The molecule has 0 aliphatic heterocycles. The molecule has 0 atom stereocenters. The maximum absolute atomic E-state index is 11.5. The zero-order valence-corrected chi connectivity index (χ0v) is 11.0. The Bertz CT molecular complexity index is 669. The zero-order chi connectivity index (χ0) is 14.5. The van der Waals surface area contributed by atoms with Crippen LogP contribution in [0, 0.1) is 11.3 Å². The molecule has 0 heterocycles. The van der Waals surface area contributed by atoms with E-state index >= 15 is 0 Å². The first-order chi connectivity index (χ1) is 9.65. The van der Waals surface area contributed by atoms with Gasteiger partial charge in [-0.25, -0.2) is 4.79 Å². The Morgan fingerprint density at radius 3 is 2.45 bits per heavy atom. The molecule has 0 bridgehead atoms. The molecule has 4 heteroatoms. The van der Waals surface area contributed by atoms with E-state index < -0.39 is 0 Å². The van der Waals surface area contributed by atoms with Crippen LogP contribution in [-0.4, -0.2) is 17.7 Å². The van der Waals surface area contributed by atoms with Crippen LogP contribution in [0.3, 0.4) is 0 Å². The van der Waals surface area contributed by atoms with Crippen molar-refractivity contribution in [3.8, 4) is 22.9 Å². The van der Waals surface area contributed by atoms with Gasteiger partial charge in [0.25, 0.3) is 0 Å². The first kappa shape index (κ1) is 13.6. The number of nitrogens with zero attached hydrogens (tertiary/aromatic N) is 1. The minimum atomic E-state index is -0.359. The van der Waals surface area contributed by atoms with Crippen molar-refractivity contribution >= 4 is 5.97 Å². The van der Waals surface area contributed by atoms with E-state index in [2.05, 4.69) is 0 Å². The highest BCUT2D eigenvalue weighted by atomic mass is 16.5. The summed E-state index contributed by atoms with van der Waals surface area (Å²) in [6.45, 7) is 2.09. The fourth-order valence-electron chi connectivity index (χ4n) is 1.82. The van der Waals surface area contributed by atoms with E-state index in [1.807, 2.05) is 6.07 Å². The molecule has 0 saturated carbocycles. The van der Waals surface area contributed by atoms with Crippen molar-refractivity contribution < 1.29 is 14.6 Å². The first-order valence-electron chi connectivity index (χ1n) is 6.16. The van der Waals surface area contributed by atoms with Crippen molar-refractivity contribution in [3.63, 3.8) is 0 Å². The number of hydrogen-bond acceptors (Lipinski definition) is 4. The Kier molecular flexibility index (Phi) is 4.02. The third-order valence-electron chi connectivity index (χ3n) is 2.85. The highest BCUT2D eigenvalue weighted by Gasteiger charge is 2.07. The number of ether oxygens (including phenoxy) is 1. The van der Waals surface area contributed by atoms with Gasteiger partial charge in [0.2, 0.25) is 0 Å². The summed E-state index contributed by atoms with van der Waals surface area (Å²) >= 11 is 0. The van der Waals surface area contributed by atoms with Crippen molar-refractivity contribution in [2.24, 2.45) is 0 Å². The van der Waals surface area contributed by atoms with Crippen LogP contribution in [0.5, 0.6) is 5.75 Å². The highest BCUT2D eigenvalue weighted by molar-refractivity contribution is 5.90. The van der Waals surface area contributed by atoms with Crippen molar-refractivity contribution in [1.82, 2.24) is 0 Å². The third-order valence-corrected chi connectivity index (χ3v) is 2.85. The summed E-state index contributed by atoms with van der Waals surface area (Å²) in [5.74, 6) is -0.401. The van der Waals surface area contributed by atoms with Gasteiger partial charge < -0.3 is 9.84 Å². The van der Waals surface area contributed by atoms with Crippen LogP contribution in [0.4, 0.5) is 0 Å². The van der Waals surface area contributed by atoms with Gasteiger partial charge >= 0.3 is 5.97 Å². The number of benzene rings is 2. The molecule has 1 N–H and O–H groups in total. The van der Waals surface area contributed by atoms with E-state index in [-0.39, 0.29) is 17.3 Å². The average Bonchev–Trinajstić information content (AvgIpc) is 2.48. The van der Waals surface area contributed by atoms with E-state index in [4.69, 9.17) is 10.00 Å². The van der Waals surface area contributed by atoms with Crippen LogP contribution in [0.1, 0.15) is 22.8 Å². The van der Waals surface area contributed by atoms with Crippen molar-refractivity contribution in [1.29, 1.82) is 5.26 Å². The topological polar surface area (TPSA) is 70.3 Å². The fourth-order valence-corrected chi connectivity index (χ4v) is 1.82. The number of phenolic OH excluding ortho intramolecular Hbond substituents is 1. The van der Waals surface area contributed by atoms with Crippen LogP contribution in [0.15, 0.2) is 42.5 Å². The predicted molar refractivity (Wildman–Crippen MR) is 74.2 cm³/mol. The summed E-state index contributed by atoms with van der Waals surface area (Å²) in [7, 11) is 0. The molecular weight excluding hydrogens is 254 g/mol. The summed E-state index contributed by atoms with van der Waals surface area (Å²) < 4.78 is 4.91. The van der Waals surface area contributed by atoms with Gasteiger partial charge in [-0.3, -0.25) is 0 Å². The molecule has 0 aromatic heterocycles. The molecule has 0 radical (unpaired) electrons. The monoisotopic (exact) mass is 267 g/mol.